The van der Waals surface area contributed by atoms with Crippen LogP contribution in [0.15, 0.2) is 108 Å². The van der Waals surface area contributed by atoms with Crippen molar-refractivity contribution in [3.05, 3.63) is 130 Å². The number of carbonyl (C=O) groups excluding carboxylic acids is 2. The summed E-state index contributed by atoms with van der Waals surface area (Å²) >= 11 is 12.3. The third-order valence-corrected chi connectivity index (χ3v) is 9.14. The zero-order valence-corrected chi connectivity index (χ0v) is 24.9. The van der Waals surface area contributed by atoms with E-state index in [1.54, 1.807) is 36.4 Å². The maximum atomic E-state index is 14.8. The fourth-order valence-corrected chi connectivity index (χ4v) is 6.14. The highest BCUT2D eigenvalue weighted by Crippen LogP contribution is 2.31. The van der Waals surface area contributed by atoms with Gasteiger partial charge in [-0.15, -0.1) is 0 Å². The lowest BCUT2D eigenvalue weighted by atomic mass is 10.0. The number of hydrogen-bond donors (Lipinski definition) is 1. The maximum absolute atomic E-state index is 14.8. The average molecular weight is 629 g/mol. The zero-order chi connectivity index (χ0) is 30.3. The molecule has 0 radical (unpaired) electrons. The van der Waals surface area contributed by atoms with E-state index in [0.717, 1.165) is 9.87 Å². The summed E-state index contributed by atoms with van der Waals surface area (Å²) in [4.78, 5) is 28.6. The Labute approximate surface area is 254 Å². The minimum absolute atomic E-state index is 0.0586. The zero-order valence-electron chi connectivity index (χ0n) is 22.6. The molecule has 0 aliphatic carbocycles. The first-order valence-electron chi connectivity index (χ1n) is 12.9. The van der Waals surface area contributed by atoms with E-state index in [4.69, 9.17) is 23.2 Å². The van der Waals surface area contributed by atoms with Gasteiger partial charge in [-0.2, -0.15) is 0 Å². The molecule has 7 nitrogen and oxygen atoms in total. The van der Waals surface area contributed by atoms with Crippen molar-refractivity contribution in [3.63, 3.8) is 0 Å². The molecule has 0 aliphatic heterocycles. The molecule has 0 bridgehead atoms. The third kappa shape index (κ3) is 7.28. The third-order valence-electron chi connectivity index (χ3n) is 6.62. The lowest BCUT2D eigenvalue weighted by Gasteiger charge is -2.33. The molecule has 4 aromatic rings. The van der Waals surface area contributed by atoms with Crippen molar-refractivity contribution in [1.29, 1.82) is 0 Å². The second-order valence-electron chi connectivity index (χ2n) is 9.36. The van der Waals surface area contributed by atoms with Gasteiger partial charge < -0.3 is 10.2 Å². The second-order valence-corrected chi connectivity index (χ2v) is 12.0. The summed E-state index contributed by atoms with van der Waals surface area (Å²) in [6, 6.07) is 25.7. The number of carbonyl (C=O) groups is 2. The molecule has 0 spiro atoms. The quantitative estimate of drug-likeness (QED) is 0.231. The van der Waals surface area contributed by atoms with Crippen LogP contribution in [0.25, 0.3) is 0 Å². The van der Waals surface area contributed by atoms with Crippen molar-refractivity contribution in [3.8, 4) is 0 Å². The van der Waals surface area contributed by atoms with Crippen molar-refractivity contribution in [2.75, 3.05) is 17.9 Å². The van der Waals surface area contributed by atoms with Crippen molar-refractivity contribution in [1.82, 2.24) is 10.2 Å². The Balaban J connectivity index is 1.81. The minimum Gasteiger partial charge on any atom is -0.357 e. The van der Waals surface area contributed by atoms with Crippen molar-refractivity contribution in [2.45, 2.75) is 23.9 Å². The first kappa shape index (κ1) is 31.0. The summed E-state index contributed by atoms with van der Waals surface area (Å²) in [5.41, 5.74) is 1.02. The molecule has 1 atom stereocenters. The molecule has 1 unspecified atom stereocenters. The lowest BCUT2D eigenvalue weighted by molar-refractivity contribution is -0.139. The highest BCUT2D eigenvalue weighted by molar-refractivity contribution is 7.92. The number of halogens is 3. The number of sulfonamides is 1. The molecule has 2 amide bonds. The van der Waals surface area contributed by atoms with E-state index >= 15 is 0 Å². The van der Waals surface area contributed by atoms with Crippen LogP contribution in [-0.4, -0.2) is 44.8 Å². The summed E-state index contributed by atoms with van der Waals surface area (Å²) < 4.78 is 43.5. The first-order valence-corrected chi connectivity index (χ1v) is 15.1. The molecule has 0 heterocycles. The van der Waals surface area contributed by atoms with E-state index in [2.05, 4.69) is 5.32 Å². The van der Waals surface area contributed by atoms with E-state index in [9.17, 15) is 22.4 Å². The Morgan fingerprint density at radius 1 is 0.857 bits per heavy atom. The number of anilines is 1. The number of nitrogens with zero attached hydrogens (tertiary/aromatic N) is 2. The van der Waals surface area contributed by atoms with Crippen LogP contribution in [0.1, 0.15) is 11.1 Å². The van der Waals surface area contributed by atoms with Gasteiger partial charge in [-0.25, -0.2) is 12.8 Å². The van der Waals surface area contributed by atoms with Gasteiger partial charge in [0.1, 0.15) is 18.4 Å². The predicted molar refractivity (Wildman–Crippen MR) is 162 cm³/mol. The number of amides is 2. The summed E-state index contributed by atoms with van der Waals surface area (Å²) in [7, 11) is -2.86. The summed E-state index contributed by atoms with van der Waals surface area (Å²) in [5, 5.41) is 2.88. The Bertz CT molecular complexity index is 1660. The maximum Gasteiger partial charge on any atom is 0.264 e. The van der Waals surface area contributed by atoms with E-state index < -0.39 is 40.2 Å². The summed E-state index contributed by atoms with van der Waals surface area (Å²) in [5.74, 6) is -1.78. The van der Waals surface area contributed by atoms with Crippen LogP contribution in [0.4, 0.5) is 10.1 Å². The molecule has 11 heteroatoms. The lowest BCUT2D eigenvalue weighted by Crippen LogP contribution is -2.53. The van der Waals surface area contributed by atoms with Crippen LogP contribution in [0, 0.1) is 5.82 Å². The highest BCUT2D eigenvalue weighted by Gasteiger charge is 2.34. The van der Waals surface area contributed by atoms with Gasteiger partial charge >= 0.3 is 0 Å². The van der Waals surface area contributed by atoms with E-state index in [0.29, 0.717) is 0 Å². The van der Waals surface area contributed by atoms with Crippen LogP contribution in [-0.2, 0) is 32.6 Å². The van der Waals surface area contributed by atoms with Gasteiger partial charge in [-0.3, -0.25) is 13.9 Å². The molecule has 4 rings (SSSR count). The van der Waals surface area contributed by atoms with Crippen LogP contribution in [0.3, 0.4) is 0 Å². The number of benzene rings is 4. The van der Waals surface area contributed by atoms with Crippen LogP contribution in [0.5, 0.6) is 0 Å². The molecule has 0 saturated heterocycles. The monoisotopic (exact) mass is 627 g/mol. The standard InChI is InChI=1S/C31H28Cl2FN3O4S/c1-35-31(39)29(18-22-10-4-2-5-11-22)36(20-23-12-8-9-15-28(23)34)30(38)21-37(24-16-17-26(32)27(33)19-24)42(40,41)25-13-6-3-7-14-25/h2-17,19,29H,18,20-21H2,1H3,(H,35,39). The Morgan fingerprint density at radius 2 is 1.48 bits per heavy atom. The van der Waals surface area contributed by atoms with Gasteiger partial charge in [-0.05, 0) is 42.0 Å². The molecule has 42 heavy (non-hydrogen) atoms. The molecule has 4 aromatic carbocycles. The number of hydrogen-bond acceptors (Lipinski definition) is 4. The van der Waals surface area contributed by atoms with Gasteiger partial charge in [0.05, 0.1) is 20.6 Å². The number of likely N-dealkylation sites (N-methyl/N-ethyl adjacent to an activating group) is 1. The Morgan fingerprint density at radius 3 is 2.10 bits per heavy atom. The van der Waals surface area contributed by atoms with Crippen molar-refractivity contribution < 1.29 is 22.4 Å². The van der Waals surface area contributed by atoms with E-state index in [1.807, 2.05) is 18.2 Å². The molecule has 0 saturated carbocycles. The number of nitrogens with one attached hydrogen (secondary N) is 1. The average Bonchev–Trinajstić information content (AvgIpc) is 3.00. The molecular weight excluding hydrogens is 600 g/mol. The molecule has 218 valence electrons. The Kier molecular flexibility index (Phi) is 10.2. The van der Waals surface area contributed by atoms with Crippen molar-refractivity contribution in [2.24, 2.45) is 0 Å². The Hall–Kier alpha value is -3.92. The predicted octanol–water partition coefficient (Wildman–Crippen LogP) is 5.71. The van der Waals surface area contributed by atoms with Crippen LogP contribution >= 0.6 is 23.2 Å². The van der Waals surface area contributed by atoms with Gasteiger partial charge in [0.2, 0.25) is 11.8 Å². The fourth-order valence-electron chi connectivity index (χ4n) is 4.42. The molecule has 0 aromatic heterocycles. The smallest absolute Gasteiger partial charge is 0.264 e. The van der Waals surface area contributed by atoms with E-state index in [1.165, 1.54) is 60.5 Å². The van der Waals surface area contributed by atoms with Gasteiger partial charge in [0.25, 0.3) is 10.0 Å². The topological polar surface area (TPSA) is 86.8 Å². The van der Waals surface area contributed by atoms with Crippen LogP contribution in [0.2, 0.25) is 10.0 Å². The summed E-state index contributed by atoms with van der Waals surface area (Å²) in [6.07, 6.45) is 0.110. The molecule has 0 aliphatic rings. The van der Waals surface area contributed by atoms with Gasteiger partial charge in [-0.1, -0.05) is 89.9 Å². The summed E-state index contributed by atoms with van der Waals surface area (Å²) in [6.45, 7) is -0.983. The highest BCUT2D eigenvalue weighted by atomic mass is 35.5. The van der Waals surface area contributed by atoms with Gasteiger partial charge in [0.15, 0.2) is 0 Å². The first-order chi connectivity index (χ1) is 20.1. The van der Waals surface area contributed by atoms with E-state index in [-0.39, 0.29) is 39.2 Å². The molecule has 0 fully saturated rings. The molecule has 1 N–H and O–H groups in total. The van der Waals surface area contributed by atoms with Gasteiger partial charge in [0, 0.05) is 25.6 Å². The largest absolute Gasteiger partial charge is 0.357 e. The minimum atomic E-state index is -4.29. The fraction of sp³-hybridized carbons (Fsp3) is 0.161. The van der Waals surface area contributed by atoms with Crippen LogP contribution < -0.4 is 9.62 Å². The normalized spacial score (nSPS) is 11.9. The SMILES string of the molecule is CNC(=O)C(Cc1ccccc1)N(Cc1ccccc1F)C(=O)CN(c1ccc(Cl)c(Cl)c1)S(=O)(=O)c1ccccc1. The molecular formula is C31H28Cl2FN3O4S. The number of rotatable bonds is 11. The second kappa shape index (κ2) is 13.8. The van der Waals surface area contributed by atoms with Crippen molar-refractivity contribution >= 4 is 50.7 Å².